The minimum atomic E-state index is 0.510. The molecule has 3 heterocycles. The fourth-order valence-electron chi connectivity index (χ4n) is 8.30. The van der Waals surface area contributed by atoms with Crippen LogP contribution in [-0.4, -0.2) is 19.5 Å². The molecule has 0 aliphatic carbocycles. The Labute approximate surface area is 329 Å². The highest BCUT2D eigenvalue weighted by atomic mass is 16.3. The van der Waals surface area contributed by atoms with E-state index in [-0.39, 0.29) is 0 Å². The van der Waals surface area contributed by atoms with Gasteiger partial charge >= 0.3 is 0 Å². The smallest absolute Gasteiger partial charge is 0.163 e. The highest BCUT2D eigenvalue weighted by Gasteiger charge is 2.20. The third-order valence-electron chi connectivity index (χ3n) is 10.9. The van der Waals surface area contributed by atoms with Gasteiger partial charge in [0.15, 0.2) is 11.6 Å². The molecule has 0 unspecified atom stereocenters. The first-order chi connectivity index (χ1) is 28.2. The molecule has 0 saturated carbocycles. The van der Waals surface area contributed by atoms with Gasteiger partial charge in [0.2, 0.25) is 0 Å². The quantitative estimate of drug-likeness (QED) is 0.164. The molecule has 5 heteroatoms. The summed E-state index contributed by atoms with van der Waals surface area (Å²) in [5.74, 6) is 2.01. The van der Waals surface area contributed by atoms with Gasteiger partial charge in [-0.3, -0.25) is 0 Å². The number of hydrogen-bond acceptors (Lipinski definition) is 4. The Kier molecular flexibility index (Phi) is 7.81. The monoisotopic (exact) mass is 730 g/mol. The van der Waals surface area contributed by atoms with Crippen molar-refractivity contribution >= 4 is 43.7 Å². The van der Waals surface area contributed by atoms with Gasteiger partial charge in [0, 0.05) is 44.8 Å². The van der Waals surface area contributed by atoms with Crippen LogP contribution in [0.3, 0.4) is 0 Å². The lowest BCUT2D eigenvalue weighted by atomic mass is 9.99. The number of rotatable bonds is 7. The molecule has 0 saturated heterocycles. The molecule has 8 aromatic carbocycles. The standard InChI is InChI=1S/C52H34N4O/c1-4-15-34(16-5-1)37-21-12-23-39(31-37)52-54-48(53-51(55-52)36-19-8-3-9-20-36)32-38-22-13-26-43-42-24-10-11-27-45(42)56(50(38)43)40-29-30-46-44(33-40)49-41(25-14-28-47(49)57-46)35-17-6-2-7-18-35/h1-31,33H,32H2. The van der Waals surface area contributed by atoms with E-state index in [1.54, 1.807) is 0 Å². The molecule has 11 rings (SSSR count). The number of para-hydroxylation sites is 2. The summed E-state index contributed by atoms with van der Waals surface area (Å²) in [5, 5.41) is 4.57. The van der Waals surface area contributed by atoms with Crippen molar-refractivity contribution in [2.45, 2.75) is 6.42 Å². The third-order valence-corrected chi connectivity index (χ3v) is 10.9. The molecular formula is C52H34N4O. The van der Waals surface area contributed by atoms with Crippen molar-refractivity contribution in [2.75, 3.05) is 0 Å². The van der Waals surface area contributed by atoms with E-state index in [0.717, 1.165) is 77.6 Å². The fraction of sp³-hybridized carbons (Fsp3) is 0.0192. The van der Waals surface area contributed by atoms with Crippen LogP contribution in [-0.2, 0) is 6.42 Å². The van der Waals surface area contributed by atoms with Gasteiger partial charge in [0.25, 0.3) is 0 Å². The summed E-state index contributed by atoms with van der Waals surface area (Å²) < 4.78 is 8.86. The first kappa shape index (κ1) is 32.8. The van der Waals surface area contributed by atoms with Crippen LogP contribution in [0, 0.1) is 0 Å². The molecule has 268 valence electrons. The van der Waals surface area contributed by atoms with Crippen LogP contribution in [0.25, 0.3) is 94.5 Å². The molecular weight excluding hydrogens is 697 g/mol. The van der Waals surface area contributed by atoms with E-state index in [4.69, 9.17) is 19.4 Å². The van der Waals surface area contributed by atoms with E-state index in [1.807, 2.05) is 24.3 Å². The highest BCUT2D eigenvalue weighted by Crippen LogP contribution is 2.40. The fourth-order valence-corrected chi connectivity index (χ4v) is 8.30. The molecule has 0 amide bonds. The van der Waals surface area contributed by atoms with Crippen LogP contribution >= 0.6 is 0 Å². The summed E-state index contributed by atoms with van der Waals surface area (Å²) >= 11 is 0. The normalized spacial score (nSPS) is 11.6. The minimum absolute atomic E-state index is 0.510. The van der Waals surface area contributed by atoms with Crippen LogP contribution in [0.15, 0.2) is 199 Å². The van der Waals surface area contributed by atoms with E-state index < -0.39 is 0 Å². The SMILES string of the molecule is c1ccc(-c2cccc(-c3nc(Cc4cccc5c6ccccc6n(-c6ccc7oc8cccc(-c9ccccc9)c8c7c6)c45)nc(-c4ccccc4)n3)c2)cc1. The Morgan fingerprint density at radius 2 is 1.05 bits per heavy atom. The minimum Gasteiger partial charge on any atom is -0.456 e. The van der Waals surface area contributed by atoms with Crippen LogP contribution in [0.1, 0.15) is 11.4 Å². The maximum Gasteiger partial charge on any atom is 0.163 e. The van der Waals surface area contributed by atoms with Crippen molar-refractivity contribution < 1.29 is 4.42 Å². The summed E-state index contributed by atoms with van der Waals surface area (Å²) in [6.45, 7) is 0. The number of furan rings is 1. The topological polar surface area (TPSA) is 56.7 Å². The Balaban J connectivity index is 1.10. The van der Waals surface area contributed by atoms with Gasteiger partial charge in [0.1, 0.15) is 17.0 Å². The molecule has 0 aliphatic rings. The van der Waals surface area contributed by atoms with Crippen LogP contribution in [0.2, 0.25) is 0 Å². The van der Waals surface area contributed by atoms with Crippen molar-refractivity contribution in [3.05, 3.63) is 206 Å². The molecule has 0 spiro atoms. The average molecular weight is 731 g/mol. The number of fused-ring (bicyclic) bond motifs is 6. The van der Waals surface area contributed by atoms with E-state index >= 15 is 0 Å². The Morgan fingerprint density at radius 1 is 0.421 bits per heavy atom. The molecule has 11 aromatic rings. The molecule has 0 fully saturated rings. The maximum absolute atomic E-state index is 6.46. The number of nitrogens with zero attached hydrogens (tertiary/aromatic N) is 4. The predicted octanol–water partition coefficient (Wildman–Crippen LogP) is 13.1. The Morgan fingerprint density at radius 3 is 1.86 bits per heavy atom. The van der Waals surface area contributed by atoms with E-state index in [9.17, 15) is 0 Å². The van der Waals surface area contributed by atoms with Gasteiger partial charge in [-0.25, -0.2) is 15.0 Å². The second-order valence-electron chi connectivity index (χ2n) is 14.4. The lowest BCUT2D eigenvalue weighted by Gasteiger charge is -2.13. The largest absolute Gasteiger partial charge is 0.456 e. The predicted molar refractivity (Wildman–Crippen MR) is 232 cm³/mol. The van der Waals surface area contributed by atoms with Gasteiger partial charge < -0.3 is 8.98 Å². The number of aromatic nitrogens is 4. The van der Waals surface area contributed by atoms with Gasteiger partial charge in [-0.05, 0) is 64.2 Å². The first-order valence-electron chi connectivity index (χ1n) is 19.2. The number of benzene rings is 8. The lowest BCUT2D eigenvalue weighted by Crippen LogP contribution is -2.05. The Bertz CT molecular complexity index is 3260. The zero-order chi connectivity index (χ0) is 37.7. The van der Waals surface area contributed by atoms with Gasteiger partial charge in [-0.15, -0.1) is 0 Å². The molecule has 57 heavy (non-hydrogen) atoms. The molecule has 5 nitrogen and oxygen atoms in total. The van der Waals surface area contributed by atoms with Crippen molar-refractivity contribution in [3.63, 3.8) is 0 Å². The summed E-state index contributed by atoms with van der Waals surface area (Å²) in [5.41, 5.74) is 12.7. The van der Waals surface area contributed by atoms with Crippen molar-refractivity contribution in [1.82, 2.24) is 19.5 Å². The lowest BCUT2D eigenvalue weighted by molar-refractivity contribution is 0.669. The average Bonchev–Trinajstić information content (AvgIpc) is 3.83. The van der Waals surface area contributed by atoms with E-state index in [1.165, 1.54) is 10.8 Å². The molecule has 3 aromatic heterocycles. The molecule has 0 bridgehead atoms. The van der Waals surface area contributed by atoms with E-state index in [2.05, 4.69) is 174 Å². The zero-order valence-corrected chi connectivity index (χ0v) is 30.9. The Hall–Kier alpha value is -7.63. The summed E-state index contributed by atoms with van der Waals surface area (Å²) in [6, 6.07) is 67.7. The number of hydrogen-bond donors (Lipinski definition) is 0. The van der Waals surface area contributed by atoms with Gasteiger partial charge in [0.05, 0.1) is 11.0 Å². The van der Waals surface area contributed by atoms with Gasteiger partial charge in [-0.2, -0.15) is 0 Å². The summed E-state index contributed by atoms with van der Waals surface area (Å²) in [6.07, 6.45) is 0.510. The third kappa shape index (κ3) is 5.76. The first-order valence-corrected chi connectivity index (χ1v) is 19.2. The van der Waals surface area contributed by atoms with E-state index in [0.29, 0.717) is 23.9 Å². The highest BCUT2D eigenvalue weighted by molar-refractivity contribution is 6.14. The van der Waals surface area contributed by atoms with Crippen LogP contribution < -0.4 is 0 Å². The summed E-state index contributed by atoms with van der Waals surface area (Å²) in [4.78, 5) is 15.4. The molecule has 0 N–H and O–H groups in total. The molecule has 0 aliphatic heterocycles. The van der Waals surface area contributed by atoms with Gasteiger partial charge in [-0.1, -0.05) is 158 Å². The molecule has 0 radical (unpaired) electrons. The second kappa shape index (κ2) is 13.6. The van der Waals surface area contributed by atoms with Crippen molar-refractivity contribution in [2.24, 2.45) is 0 Å². The maximum atomic E-state index is 6.46. The second-order valence-corrected chi connectivity index (χ2v) is 14.4. The van der Waals surface area contributed by atoms with Crippen molar-refractivity contribution in [1.29, 1.82) is 0 Å². The summed E-state index contributed by atoms with van der Waals surface area (Å²) in [7, 11) is 0. The molecule has 0 atom stereocenters. The zero-order valence-electron chi connectivity index (χ0n) is 30.9. The van der Waals surface area contributed by atoms with Crippen molar-refractivity contribution in [3.8, 4) is 50.7 Å². The van der Waals surface area contributed by atoms with Crippen LogP contribution in [0.5, 0.6) is 0 Å². The van der Waals surface area contributed by atoms with Crippen LogP contribution in [0.4, 0.5) is 0 Å².